The van der Waals surface area contributed by atoms with E-state index in [0.717, 1.165) is 25.1 Å². The van der Waals surface area contributed by atoms with Gasteiger partial charge in [-0.25, -0.2) is 4.98 Å². The molecule has 72 valence electrons. The molecule has 1 N–H and O–H groups in total. The minimum absolute atomic E-state index is 0.424. The van der Waals surface area contributed by atoms with Crippen molar-refractivity contribution in [3.05, 3.63) is 18.2 Å². The van der Waals surface area contributed by atoms with Crippen LogP contribution in [-0.2, 0) is 12.1 Å². The number of aryl methyl sites for hydroxylation is 1. The Morgan fingerprint density at radius 2 is 2.38 bits per heavy atom. The van der Waals surface area contributed by atoms with Gasteiger partial charge in [0.05, 0.1) is 12.0 Å². The molecule has 1 saturated carbocycles. The highest BCUT2D eigenvalue weighted by atomic mass is 16.3. The maximum Gasteiger partial charge on any atom is 0.108 e. The van der Waals surface area contributed by atoms with E-state index < -0.39 is 5.60 Å². The van der Waals surface area contributed by atoms with Gasteiger partial charge in [0.1, 0.15) is 5.60 Å². The normalized spacial score (nSPS) is 21.5. The molecule has 1 aliphatic carbocycles. The molecule has 0 aliphatic heterocycles. The Morgan fingerprint density at radius 3 is 2.85 bits per heavy atom. The predicted octanol–water partition coefficient (Wildman–Crippen LogP) is 1.52. The fourth-order valence-corrected chi connectivity index (χ4v) is 1.65. The van der Waals surface area contributed by atoms with Crippen molar-refractivity contribution in [3.8, 4) is 0 Å². The lowest BCUT2D eigenvalue weighted by molar-refractivity contribution is 0.0289. The first-order valence-electron chi connectivity index (χ1n) is 4.89. The smallest absolute Gasteiger partial charge is 0.108 e. The molecular weight excluding hydrogens is 164 g/mol. The van der Waals surface area contributed by atoms with Crippen LogP contribution in [0.25, 0.3) is 0 Å². The summed E-state index contributed by atoms with van der Waals surface area (Å²) in [5.74, 6) is 0.424. The van der Waals surface area contributed by atoms with Gasteiger partial charge in [-0.3, -0.25) is 0 Å². The van der Waals surface area contributed by atoms with Gasteiger partial charge in [-0.15, -0.1) is 0 Å². The summed E-state index contributed by atoms with van der Waals surface area (Å²) in [6.45, 7) is 4.85. The molecule has 1 aromatic heterocycles. The number of imidazole rings is 1. The lowest BCUT2D eigenvalue weighted by Crippen LogP contribution is -2.24. The van der Waals surface area contributed by atoms with Crippen molar-refractivity contribution in [1.29, 1.82) is 0 Å². The molecule has 1 aromatic rings. The van der Waals surface area contributed by atoms with Crippen molar-refractivity contribution in [2.24, 2.45) is 5.92 Å². The van der Waals surface area contributed by atoms with Crippen LogP contribution in [0, 0.1) is 5.92 Å². The number of hydrogen-bond acceptors (Lipinski definition) is 2. The zero-order chi connectivity index (χ0) is 9.47. The van der Waals surface area contributed by atoms with Crippen LogP contribution in [0.4, 0.5) is 0 Å². The largest absolute Gasteiger partial charge is 0.383 e. The van der Waals surface area contributed by atoms with Gasteiger partial charge in [-0.05, 0) is 32.6 Å². The Labute approximate surface area is 78.4 Å². The third kappa shape index (κ3) is 1.48. The summed E-state index contributed by atoms with van der Waals surface area (Å²) in [7, 11) is 0. The first-order valence-corrected chi connectivity index (χ1v) is 4.89. The van der Waals surface area contributed by atoms with E-state index in [4.69, 9.17) is 0 Å². The minimum Gasteiger partial charge on any atom is -0.383 e. The average molecular weight is 180 g/mol. The standard InChI is InChI=1S/C10H16N2O/c1-3-12-6-9(11-7-12)10(2,13)8-4-5-8/h6-8,13H,3-5H2,1-2H3. The van der Waals surface area contributed by atoms with Gasteiger partial charge < -0.3 is 9.67 Å². The second-order valence-corrected chi connectivity index (χ2v) is 4.01. The van der Waals surface area contributed by atoms with E-state index >= 15 is 0 Å². The zero-order valence-electron chi connectivity index (χ0n) is 8.20. The van der Waals surface area contributed by atoms with Crippen LogP contribution < -0.4 is 0 Å². The molecule has 0 aromatic carbocycles. The lowest BCUT2D eigenvalue weighted by Gasteiger charge is -2.19. The van der Waals surface area contributed by atoms with E-state index in [2.05, 4.69) is 11.9 Å². The van der Waals surface area contributed by atoms with Crippen molar-refractivity contribution in [2.75, 3.05) is 0 Å². The van der Waals surface area contributed by atoms with Crippen LogP contribution in [-0.4, -0.2) is 14.7 Å². The molecule has 1 aliphatic rings. The zero-order valence-corrected chi connectivity index (χ0v) is 8.20. The summed E-state index contributed by atoms with van der Waals surface area (Å²) in [5.41, 5.74) is 0.109. The van der Waals surface area contributed by atoms with Crippen LogP contribution in [0.2, 0.25) is 0 Å². The van der Waals surface area contributed by atoms with Crippen LogP contribution in [0.5, 0.6) is 0 Å². The van der Waals surface area contributed by atoms with E-state index in [-0.39, 0.29) is 0 Å². The molecule has 1 fully saturated rings. The molecule has 1 unspecified atom stereocenters. The number of hydrogen-bond donors (Lipinski definition) is 1. The van der Waals surface area contributed by atoms with Crippen LogP contribution in [0.1, 0.15) is 32.4 Å². The molecule has 0 radical (unpaired) electrons. The molecule has 0 amide bonds. The fraction of sp³-hybridized carbons (Fsp3) is 0.700. The number of rotatable bonds is 3. The van der Waals surface area contributed by atoms with E-state index in [9.17, 15) is 5.11 Å². The monoisotopic (exact) mass is 180 g/mol. The molecule has 0 spiro atoms. The van der Waals surface area contributed by atoms with Crippen molar-refractivity contribution < 1.29 is 5.11 Å². The van der Waals surface area contributed by atoms with E-state index in [0.29, 0.717) is 5.92 Å². The Bertz CT molecular complexity index is 300. The first-order chi connectivity index (χ1) is 6.14. The molecular formula is C10H16N2O. The third-order valence-corrected chi connectivity index (χ3v) is 2.89. The molecule has 2 rings (SSSR count). The molecule has 1 atom stereocenters. The van der Waals surface area contributed by atoms with Gasteiger partial charge in [0.2, 0.25) is 0 Å². The van der Waals surface area contributed by atoms with Crippen LogP contribution >= 0.6 is 0 Å². The maximum absolute atomic E-state index is 10.2. The Hall–Kier alpha value is -0.830. The first kappa shape index (κ1) is 8.75. The maximum atomic E-state index is 10.2. The summed E-state index contributed by atoms with van der Waals surface area (Å²) in [6, 6.07) is 0. The number of aliphatic hydroxyl groups is 1. The molecule has 0 saturated heterocycles. The van der Waals surface area contributed by atoms with Gasteiger partial charge in [0.15, 0.2) is 0 Å². The lowest BCUT2D eigenvalue weighted by atomic mass is 9.97. The van der Waals surface area contributed by atoms with Gasteiger partial charge in [0.25, 0.3) is 0 Å². The molecule has 3 nitrogen and oxygen atoms in total. The van der Waals surface area contributed by atoms with Gasteiger partial charge in [-0.2, -0.15) is 0 Å². The average Bonchev–Trinajstić information content (AvgIpc) is 2.84. The second-order valence-electron chi connectivity index (χ2n) is 4.01. The SMILES string of the molecule is CCn1cnc(C(C)(O)C2CC2)c1. The number of nitrogens with zero attached hydrogens (tertiary/aromatic N) is 2. The van der Waals surface area contributed by atoms with Crippen molar-refractivity contribution >= 4 is 0 Å². The highest BCUT2D eigenvalue weighted by Gasteiger charge is 2.42. The molecule has 1 heterocycles. The summed E-state index contributed by atoms with van der Waals surface area (Å²) in [4.78, 5) is 4.23. The Balaban J connectivity index is 2.22. The van der Waals surface area contributed by atoms with Gasteiger partial charge in [0, 0.05) is 12.7 Å². The number of aromatic nitrogens is 2. The van der Waals surface area contributed by atoms with E-state index in [1.54, 1.807) is 6.33 Å². The van der Waals surface area contributed by atoms with Crippen molar-refractivity contribution in [3.63, 3.8) is 0 Å². The van der Waals surface area contributed by atoms with Gasteiger partial charge >= 0.3 is 0 Å². The van der Waals surface area contributed by atoms with Crippen molar-refractivity contribution in [2.45, 2.75) is 38.8 Å². The minimum atomic E-state index is -0.708. The highest BCUT2D eigenvalue weighted by Crippen LogP contribution is 2.44. The summed E-state index contributed by atoms with van der Waals surface area (Å²) >= 11 is 0. The van der Waals surface area contributed by atoms with Gasteiger partial charge in [-0.1, -0.05) is 0 Å². The van der Waals surface area contributed by atoms with Crippen LogP contribution in [0.3, 0.4) is 0 Å². The van der Waals surface area contributed by atoms with Crippen LogP contribution in [0.15, 0.2) is 12.5 Å². The molecule has 0 bridgehead atoms. The second kappa shape index (κ2) is 2.84. The van der Waals surface area contributed by atoms with E-state index in [1.165, 1.54) is 0 Å². The Morgan fingerprint density at radius 1 is 1.69 bits per heavy atom. The molecule has 13 heavy (non-hydrogen) atoms. The van der Waals surface area contributed by atoms with E-state index in [1.807, 2.05) is 17.7 Å². The Kier molecular flexibility index (Phi) is 1.91. The third-order valence-electron chi connectivity index (χ3n) is 2.89. The van der Waals surface area contributed by atoms with Crippen molar-refractivity contribution in [1.82, 2.24) is 9.55 Å². The predicted molar refractivity (Wildman–Crippen MR) is 50.2 cm³/mol. The summed E-state index contributed by atoms with van der Waals surface area (Å²) < 4.78 is 1.99. The molecule has 3 heteroatoms. The fourth-order valence-electron chi connectivity index (χ4n) is 1.65. The summed E-state index contributed by atoms with van der Waals surface area (Å²) in [5, 5.41) is 10.2. The topological polar surface area (TPSA) is 38.0 Å². The quantitative estimate of drug-likeness (QED) is 0.765. The summed E-state index contributed by atoms with van der Waals surface area (Å²) in [6.07, 6.45) is 5.99. The highest BCUT2D eigenvalue weighted by molar-refractivity contribution is 5.12.